The van der Waals surface area contributed by atoms with E-state index in [1.54, 1.807) is 23.2 Å². The highest BCUT2D eigenvalue weighted by Gasteiger charge is 2.29. The highest BCUT2D eigenvalue weighted by molar-refractivity contribution is 6.01. The van der Waals surface area contributed by atoms with Crippen LogP contribution in [0.4, 0.5) is 8.78 Å². The molecule has 6 nitrogen and oxygen atoms in total. The van der Waals surface area contributed by atoms with Crippen LogP contribution in [0.3, 0.4) is 0 Å². The van der Waals surface area contributed by atoms with Crippen molar-refractivity contribution in [3.8, 4) is 5.75 Å². The van der Waals surface area contributed by atoms with Crippen LogP contribution in [0, 0.1) is 6.92 Å². The molecule has 0 aliphatic carbocycles. The van der Waals surface area contributed by atoms with Crippen molar-refractivity contribution in [3.05, 3.63) is 64.2 Å². The smallest absolute Gasteiger partial charge is 0.394 e. The van der Waals surface area contributed by atoms with Crippen molar-refractivity contribution in [3.63, 3.8) is 0 Å². The van der Waals surface area contributed by atoms with Crippen LogP contribution in [0.15, 0.2) is 46.5 Å². The van der Waals surface area contributed by atoms with E-state index in [0.717, 1.165) is 22.3 Å². The normalized spacial score (nSPS) is 14.3. The zero-order valence-electron chi connectivity index (χ0n) is 18.0. The molecule has 1 heterocycles. The Bertz CT molecular complexity index is 1010. The number of benzene rings is 2. The van der Waals surface area contributed by atoms with Gasteiger partial charge in [0.15, 0.2) is 5.84 Å². The molecule has 0 N–H and O–H groups in total. The third-order valence-electron chi connectivity index (χ3n) is 4.77. The summed E-state index contributed by atoms with van der Waals surface area (Å²) < 4.78 is 30.5. The molecule has 1 aliphatic rings. The summed E-state index contributed by atoms with van der Waals surface area (Å²) in [5, 5.41) is 3.86. The maximum Gasteiger partial charge on any atom is 0.394 e. The standard InChI is InChI=1S/C23H25F2N3O3/c1-5-20(27-30-4)26-12-17-10-15(2)21-18(11-17)14-28(22(21)29)13-16-6-8-19(9-7-16)31-23(3,24)25/h6-12H,5,13-14H2,1-4H3/b26-12+,27-20-. The molecule has 1 aliphatic heterocycles. The van der Waals surface area contributed by atoms with E-state index >= 15 is 0 Å². The zero-order chi connectivity index (χ0) is 22.6. The minimum atomic E-state index is -3.24. The number of amidine groups is 1. The van der Waals surface area contributed by atoms with Gasteiger partial charge in [0.2, 0.25) is 0 Å². The lowest BCUT2D eigenvalue weighted by Crippen LogP contribution is -2.23. The van der Waals surface area contributed by atoms with Crippen molar-refractivity contribution in [1.82, 2.24) is 4.90 Å². The first-order valence-corrected chi connectivity index (χ1v) is 9.93. The van der Waals surface area contributed by atoms with Crippen LogP contribution in [0.5, 0.6) is 5.75 Å². The van der Waals surface area contributed by atoms with Crippen LogP contribution in [0.1, 0.15) is 52.9 Å². The van der Waals surface area contributed by atoms with Crippen LogP contribution in [0.2, 0.25) is 0 Å². The molecule has 0 radical (unpaired) electrons. The predicted molar refractivity (Wildman–Crippen MR) is 115 cm³/mol. The van der Waals surface area contributed by atoms with Gasteiger partial charge in [0.25, 0.3) is 5.91 Å². The van der Waals surface area contributed by atoms with Gasteiger partial charge in [0, 0.05) is 38.2 Å². The van der Waals surface area contributed by atoms with E-state index in [0.29, 0.717) is 37.8 Å². The fraction of sp³-hybridized carbons (Fsp3) is 0.348. The van der Waals surface area contributed by atoms with Gasteiger partial charge in [-0.1, -0.05) is 24.2 Å². The highest BCUT2D eigenvalue weighted by atomic mass is 19.3. The molecule has 31 heavy (non-hydrogen) atoms. The van der Waals surface area contributed by atoms with Crippen molar-refractivity contribution in [2.45, 2.75) is 46.4 Å². The Labute approximate surface area is 180 Å². The Morgan fingerprint density at radius 3 is 2.58 bits per heavy atom. The molecule has 2 aromatic rings. The van der Waals surface area contributed by atoms with Gasteiger partial charge in [0.1, 0.15) is 12.9 Å². The van der Waals surface area contributed by atoms with Crippen LogP contribution in [0.25, 0.3) is 0 Å². The molecular weight excluding hydrogens is 404 g/mol. The first-order chi connectivity index (χ1) is 14.7. The minimum Gasteiger partial charge on any atom is -0.433 e. The Morgan fingerprint density at radius 1 is 1.26 bits per heavy atom. The van der Waals surface area contributed by atoms with E-state index in [2.05, 4.69) is 14.9 Å². The number of ether oxygens (including phenoxy) is 1. The van der Waals surface area contributed by atoms with Gasteiger partial charge in [-0.15, -0.1) is 0 Å². The number of aryl methyl sites for hydroxylation is 1. The number of aliphatic imine (C=N–C) groups is 1. The van der Waals surface area contributed by atoms with Gasteiger partial charge in [-0.2, -0.15) is 8.78 Å². The first kappa shape index (κ1) is 22.4. The second kappa shape index (κ2) is 9.24. The third kappa shape index (κ3) is 5.65. The summed E-state index contributed by atoms with van der Waals surface area (Å²) in [6.45, 7) is 5.37. The fourth-order valence-corrected chi connectivity index (χ4v) is 3.48. The summed E-state index contributed by atoms with van der Waals surface area (Å²) in [4.78, 5) is 23.8. The van der Waals surface area contributed by atoms with Crippen LogP contribution >= 0.6 is 0 Å². The maximum absolute atomic E-state index is 13.0. The van der Waals surface area contributed by atoms with Gasteiger partial charge < -0.3 is 14.5 Å². The van der Waals surface area contributed by atoms with Crippen molar-refractivity contribution in [2.75, 3.05) is 7.11 Å². The van der Waals surface area contributed by atoms with E-state index in [4.69, 9.17) is 4.84 Å². The summed E-state index contributed by atoms with van der Waals surface area (Å²) >= 11 is 0. The number of halogens is 2. The van der Waals surface area contributed by atoms with E-state index in [1.165, 1.54) is 19.2 Å². The van der Waals surface area contributed by atoms with E-state index in [-0.39, 0.29) is 11.7 Å². The van der Waals surface area contributed by atoms with Crippen LogP contribution in [-0.2, 0) is 17.9 Å². The summed E-state index contributed by atoms with van der Waals surface area (Å²) in [5.41, 5.74) is 4.21. The summed E-state index contributed by atoms with van der Waals surface area (Å²) in [7, 11) is 1.48. The van der Waals surface area contributed by atoms with Gasteiger partial charge >= 0.3 is 6.11 Å². The van der Waals surface area contributed by atoms with Gasteiger partial charge in [-0.25, -0.2) is 4.99 Å². The van der Waals surface area contributed by atoms with Gasteiger partial charge in [-0.05, 0) is 53.4 Å². The molecule has 3 rings (SSSR count). The number of alkyl halides is 2. The maximum atomic E-state index is 13.0. The van der Waals surface area contributed by atoms with Crippen molar-refractivity contribution in [1.29, 1.82) is 0 Å². The predicted octanol–water partition coefficient (Wildman–Crippen LogP) is 4.93. The Kier molecular flexibility index (Phi) is 6.68. The molecule has 0 saturated carbocycles. The monoisotopic (exact) mass is 429 g/mol. The lowest BCUT2D eigenvalue weighted by atomic mass is 10.0. The number of carbonyl (C=O) groups excluding carboxylic acids is 1. The Hall–Kier alpha value is -3.29. The topological polar surface area (TPSA) is 63.5 Å². The second-order valence-electron chi connectivity index (χ2n) is 7.39. The Balaban J connectivity index is 1.74. The molecule has 0 unspecified atom stereocenters. The first-order valence-electron chi connectivity index (χ1n) is 9.93. The SMILES string of the molecule is CCC(=N/OC)/N=C/c1cc(C)c2c(c1)CN(Cc1ccc(OC(C)(F)F)cc1)C2=O. The molecule has 8 heteroatoms. The van der Waals surface area contributed by atoms with Gasteiger partial charge in [0.05, 0.1) is 0 Å². The quantitative estimate of drug-likeness (QED) is 0.356. The molecule has 164 valence electrons. The van der Waals surface area contributed by atoms with E-state index < -0.39 is 6.11 Å². The highest BCUT2D eigenvalue weighted by Crippen LogP contribution is 2.29. The second-order valence-corrected chi connectivity index (χ2v) is 7.39. The molecule has 0 saturated heterocycles. The Morgan fingerprint density at radius 2 is 1.97 bits per heavy atom. The molecular formula is C23H25F2N3O3. The van der Waals surface area contributed by atoms with Crippen molar-refractivity contribution in [2.24, 2.45) is 10.1 Å². The molecule has 0 atom stereocenters. The summed E-state index contributed by atoms with van der Waals surface area (Å²) in [5.74, 6) is 0.605. The lowest BCUT2D eigenvalue weighted by Gasteiger charge is -2.17. The largest absolute Gasteiger partial charge is 0.433 e. The van der Waals surface area contributed by atoms with Crippen LogP contribution < -0.4 is 4.74 Å². The number of fused-ring (bicyclic) bond motifs is 1. The number of carbonyl (C=O) groups is 1. The third-order valence-corrected chi connectivity index (χ3v) is 4.77. The molecule has 2 aromatic carbocycles. The fourth-order valence-electron chi connectivity index (χ4n) is 3.48. The summed E-state index contributed by atoms with van der Waals surface area (Å²) in [6, 6.07) is 10.2. The number of hydrogen-bond donors (Lipinski definition) is 0. The van der Waals surface area contributed by atoms with Gasteiger partial charge in [-0.3, -0.25) is 4.79 Å². The number of amides is 1. The molecule has 0 aromatic heterocycles. The van der Waals surface area contributed by atoms with E-state index in [1.807, 2.05) is 26.0 Å². The lowest BCUT2D eigenvalue weighted by molar-refractivity contribution is -0.158. The molecule has 0 fully saturated rings. The number of hydrogen-bond acceptors (Lipinski definition) is 4. The number of nitrogens with zero attached hydrogens (tertiary/aromatic N) is 3. The number of rotatable bonds is 7. The zero-order valence-corrected chi connectivity index (χ0v) is 18.0. The average molecular weight is 429 g/mol. The summed E-state index contributed by atoms with van der Waals surface area (Å²) in [6.07, 6.45) is -0.885. The molecule has 0 bridgehead atoms. The van der Waals surface area contributed by atoms with Crippen LogP contribution in [-0.4, -0.2) is 36.1 Å². The van der Waals surface area contributed by atoms with Crippen molar-refractivity contribution < 1.29 is 23.1 Å². The molecule has 1 amide bonds. The minimum absolute atomic E-state index is 0.0494. The molecule has 0 spiro atoms. The number of oxime groups is 1. The average Bonchev–Trinajstić information content (AvgIpc) is 3.01. The van der Waals surface area contributed by atoms with Crippen molar-refractivity contribution >= 4 is 18.0 Å². The van der Waals surface area contributed by atoms with E-state index in [9.17, 15) is 13.6 Å².